The van der Waals surface area contributed by atoms with Crippen molar-refractivity contribution < 1.29 is 19.0 Å². The zero-order valence-electron chi connectivity index (χ0n) is 19.2. The van der Waals surface area contributed by atoms with Crippen LogP contribution in [-0.2, 0) is 19.5 Å². The molecule has 3 aromatic rings. The van der Waals surface area contributed by atoms with Gasteiger partial charge in [-0.1, -0.05) is 6.07 Å². The first-order valence-corrected chi connectivity index (χ1v) is 12.0. The third kappa shape index (κ3) is 5.64. The van der Waals surface area contributed by atoms with E-state index in [-0.39, 0.29) is 5.91 Å². The maximum absolute atomic E-state index is 12.8. The number of carbonyl (C=O) groups excluding carboxylic acids is 1. The van der Waals surface area contributed by atoms with Crippen LogP contribution in [0, 0.1) is 0 Å². The number of methoxy groups -OCH3 is 1. The van der Waals surface area contributed by atoms with Crippen LogP contribution >= 0.6 is 11.3 Å². The van der Waals surface area contributed by atoms with Gasteiger partial charge in [0.25, 0.3) is 5.91 Å². The lowest BCUT2D eigenvalue weighted by molar-refractivity contribution is 0.102. The van der Waals surface area contributed by atoms with E-state index in [1.54, 1.807) is 25.3 Å². The van der Waals surface area contributed by atoms with Gasteiger partial charge in [0.1, 0.15) is 5.75 Å². The van der Waals surface area contributed by atoms with E-state index in [0.29, 0.717) is 35.4 Å². The molecule has 1 aromatic heterocycles. The minimum atomic E-state index is -0.222. The van der Waals surface area contributed by atoms with Crippen LogP contribution in [0.3, 0.4) is 0 Å². The smallest absolute Gasteiger partial charge is 0.257 e. The molecule has 2 heterocycles. The number of amides is 1. The van der Waals surface area contributed by atoms with Gasteiger partial charge in [0, 0.05) is 30.6 Å². The number of anilines is 1. The van der Waals surface area contributed by atoms with Crippen LogP contribution in [0.4, 0.5) is 5.13 Å². The first-order chi connectivity index (χ1) is 16.1. The summed E-state index contributed by atoms with van der Waals surface area (Å²) in [7, 11) is 1.70. The van der Waals surface area contributed by atoms with E-state index < -0.39 is 0 Å². The molecular formula is C25H29N3O4S. The van der Waals surface area contributed by atoms with Gasteiger partial charge in [-0.2, -0.15) is 0 Å². The van der Waals surface area contributed by atoms with E-state index in [1.165, 1.54) is 22.5 Å². The number of carbonyl (C=O) groups is 1. The fourth-order valence-electron chi connectivity index (χ4n) is 3.88. The van der Waals surface area contributed by atoms with Crippen LogP contribution < -0.4 is 19.5 Å². The maximum Gasteiger partial charge on any atom is 0.257 e. The molecular weight excluding hydrogens is 438 g/mol. The third-order valence-electron chi connectivity index (χ3n) is 5.47. The zero-order chi connectivity index (χ0) is 23.2. The predicted octanol–water partition coefficient (Wildman–Crippen LogP) is 4.76. The second-order valence-corrected chi connectivity index (χ2v) is 8.58. The minimum absolute atomic E-state index is 0.222. The number of rotatable bonds is 9. The number of fused-ring (bicyclic) bond motifs is 1. The summed E-state index contributed by atoms with van der Waals surface area (Å²) in [4.78, 5) is 19.8. The molecule has 0 saturated carbocycles. The van der Waals surface area contributed by atoms with E-state index in [0.717, 1.165) is 37.5 Å². The van der Waals surface area contributed by atoms with E-state index >= 15 is 0 Å². The van der Waals surface area contributed by atoms with Gasteiger partial charge >= 0.3 is 0 Å². The molecule has 0 aliphatic carbocycles. The summed E-state index contributed by atoms with van der Waals surface area (Å²) in [5.41, 5.74) is 4.13. The van der Waals surface area contributed by atoms with Crippen LogP contribution in [0.1, 0.15) is 41.0 Å². The first-order valence-electron chi connectivity index (χ1n) is 11.1. The van der Waals surface area contributed by atoms with Gasteiger partial charge in [0.15, 0.2) is 16.6 Å². The molecule has 2 aromatic carbocycles. The Morgan fingerprint density at radius 2 is 1.91 bits per heavy atom. The SMILES string of the molecule is CCOc1ccc(C(=O)Nc2nc(CN3CCc4cc(OC)ccc4C3)cs2)cc1OCC. The highest BCUT2D eigenvalue weighted by Crippen LogP contribution is 2.29. The topological polar surface area (TPSA) is 72.9 Å². The molecule has 0 unspecified atom stereocenters. The van der Waals surface area contributed by atoms with E-state index in [9.17, 15) is 4.79 Å². The molecule has 0 atom stereocenters. The van der Waals surface area contributed by atoms with Crippen LogP contribution in [0.15, 0.2) is 41.8 Å². The zero-order valence-corrected chi connectivity index (χ0v) is 20.0. The minimum Gasteiger partial charge on any atom is -0.497 e. The maximum atomic E-state index is 12.8. The van der Waals surface area contributed by atoms with Crippen molar-refractivity contribution in [2.75, 3.05) is 32.2 Å². The highest BCUT2D eigenvalue weighted by Gasteiger charge is 2.19. The molecule has 33 heavy (non-hydrogen) atoms. The van der Waals surface area contributed by atoms with Crippen molar-refractivity contribution in [1.82, 2.24) is 9.88 Å². The molecule has 0 spiro atoms. The summed E-state index contributed by atoms with van der Waals surface area (Å²) >= 11 is 1.44. The second kappa shape index (κ2) is 10.7. The van der Waals surface area contributed by atoms with Crippen molar-refractivity contribution in [2.24, 2.45) is 0 Å². The van der Waals surface area contributed by atoms with Crippen LogP contribution in [0.5, 0.6) is 17.2 Å². The summed E-state index contributed by atoms with van der Waals surface area (Å²) in [6.07, 6.45) is 0.986. The van der Waals surface area contributed by atoms with E-state index in [1.807, 2.05) is 25.3 Å². The summed E-state index contributed by atoms with van der Waals surface area (Å²) in [6, 6.07) is 11.5. The van der Waals surface area contributed by atoms with Crippen molar-refractivity contribution >= 4 is 22.4 Å². The van der Waals surface area contributed by atoms with Gasteiger partial charge in [0.2, 0.25) is 0 Å². The lowest BCUT2D eigenvalue weighted by atomic mass is 9.99. The molecule has 1 N–H and O–H groups in total. The Bertz CT molecular complexity index is 1110. The lowest BCUT2D eigenvalue weighted by Gasteiger charge is -2.28. The molecule has 4 rings (SSSR count). The molecule has 1 aliphatic rings. The molecule has 0 radical (unpaired) electrons. The normalized spacial score (nSPS) is 13.3. The lowest BCUT2D eigenvalue weighted by Crippen LogP contribution is -2.30. The molecule has 1 aliphatic heterocycles. The van der Waals surface area contributed by atoms with Gasteiger partial charge < -0.3 is 14.2 Å². The molecule has 0 saturated heterocycles. The number of benzene rings is 2. The second-order valence-electron chi connectivity index (χ2n) is 7.72. The molecule has 0 bridgehead atoms. The van der Waals surface area contributed by atoms with E-state index in [2.05, 4.69) is 27.3 Å². The van der Waals surface area contributed by atoms with Crippen LogP contribution in [0.2, 0.25) is 0 Å². The highest BCUT2D eigenvalue weighted by molar-refractivity contribution is 7.14. The number of hydrogen-bond donors (Lipinski definition) is 1. The van der Waals surface area contributed by atoms with Crippen molar-refractivity contribution in [3.05, 3.63) is 64.2 Å². The Morgan fingerprint density at radius 1 is 1.09 bits per heavy atom. The fraction of sp³-hybridized carbons (Fsp3) is 0.360. The summed E-state index contributed by atoms with van der Waals surface area (Å²) in [5, 5.41) is 5.49. The van der Waals surface area contributed by atoms with Gasteiger partial charge in [-0.25, -0.2) is 4.98 Å². The summed E-state index contributed by atoms with van der Waals surface area (Å²) in [6.45, 7) is 7.43. The predicted molar refractivity (Wildman–Crippen MR) is 130 cm³/mol. The van der Waals surface area contributed by atoms with Crippen molar-refractivity contribution in [1.29, 1.82) is 0 Å². The van der Waals surface area contributed by atoms with Gasteiger partial charge in [-0.3, -0.25) is 15.0 Å². The van der Waals surface area contributed by atoms with Crippen LogP contribution in [0.25, 0.3) is 0 Å². The van der Waals surface area contributed by atoms with E-state index in [4.69, 9.17) is 14.2 Å². The molecule has 8 heteroatoms. The number of thiazole rings is 1. The Balaban J connectivity index is 1.38. The van der Waals surface area contributed by atoms with Crippen LogP contribution in [-0.4, -0.2) is 42.7 Å². The van der Waals surface area contributed by atoms with Crippen molar-refractivity contribution in [3.63, 3.8) is 0 Å². The summed E-state index contributed by atoms with van der Waals surface area (Å²) in [5.74, 6) is 1.88. The van der Waals surface area contributed by atoms with Crippen molar-refractivity contribution in [2.45, 2.75) is 33.4 Å². The average Bonchev–Trinajstić information content (AvgIpc) is 3.26. The number of nitrogens with one attached hydrogen (secondary N) is 1. The monoisotopic (exact) mass is 467 g/mol. The standard InChI is InChI=1S/C25H29N3O4S/c1-4-31-22-9-7-18(13-23(22)32-5-2)24(29)27-25-26-20(16-33-25)15-28-11-10-17-12-21(30-3)8-6-19(17)14-28/h6-9,12-13,16H,4-5,10-11,14-15H2,1-3H3,(H,26,27,29). The molecule has 7 nitrogen and oxygen atoms in total. The Labute approximate surface area is 198 Å². The average molecular weight is 468 g/mol. The number of ether oxygens (including phenoxy) is 3. The van der Waals surface area contributed by atoms with Gasteiger partial charge in [-0.05, 0) is 61.7 Å². The number of hydrogen-bond acceptors (Lipinski definition) is 7. The van der Waals surface area contributed by atoms with Gasteiger partial charge in [0.05, 0.1) is 26.0 Å². The Morgan fingerprint density at radius 3 is 2.70 bits per heavy atom. The Kier molecular flexibility index (Phi) is 7.47. The van der Waals surface area contributed by atoms with Crippen molar-refractivity contribution in [3.8, 4) is 17.2 Å². The Hall–Kier alpha value is -3.10. The number of aromatic nitrogens is 1. The highest BCUT2D eigenvalue weighted by atomic mass is 32.1. The fourth-order valence-corrected chi connectivity index (χ4v) is 4.57. The third-order valence-corrected chi connectivity index (χ3v) is 6.27. The van der Waals surface area contributed by atoms with Gasteiger partial charge in [-0.15, -0.1) is 11.3 Å². The quantitative estimate of drug-likeness (QED) is 0.489. The molecule has 0 fully saturated rings. The first kappa shape index (κ1) is 23.1. The summed E-state index contributed by atoms with van der Waals surface area (Å²) < 4.78 is 16.5. The molecule has 1 amide bonds. The number of nitrogens with zero attached hydrogens (tertiary/aromatic N) is 2. The molecule has 174 valence electrons. The largest absolute Gasteiger partial charge is 0.497 e.